The number of halogens is 3. The summed E-state index contributed by atoms with van der Waals surface area (Å²) in [4.78, 5) is 23.4. The van der Waals surface area contributed by atoms with E-state index >= 15 is 0 Å². The molecule has 1 unspecified atom stereocenters. The zero-order chi connectivity index (χ0) is 19.4. The summed E-state index contributed by atoms with van der Waals surface area (Å²) in [5, 5.41) is 20.3. The maximum absolute atomic E-state index is 12.9. The van der Waals surface area contributed by atoms with Crippen LogP contribution >= 0.6 is 0 Å². The smallest absolute Gasteiger partial charge is 0.416 e. The summed E-state index contributed by atoms with van der Waals surface area (Å²) in [5.41, 5.74) is -1.33. The zero-order valence-corrected chi connectivity index (χ0v) is 14.1. The maximum Gasteiger partial charge on any atom is 0.416 e. The van der Waals surface area contributed by atoms with Crippen LogP contribution in [0.1, 0.15) is 37.9 Å². The second-order valence-electron chi connectivity index (χ2n) is 6.80. The molecule has 9 heteroatoms. The molecule has 25 heavy (non-hydrogen) atoms. The zero-order valence-electron chi connectivity index (χ0n) is 14.1. The van der Waals surface area contributed by atoms with E-state index in [0.29, 0.717) is 0 Å². The van der Waals surface area contributed by atoms with Crippen LogP contribution in [-0.2, 0) is 6.18 Å². The molecule has 6 nitrogen and oxygen atoms in total. The van der Waals surface area contributed by atoms with Gasteiger partial charge in [0, 0.05) is 13.1 Å². The Morgan fingerprint density at radius 2 is 1.80 bits per heavy atom. The first-order valence-corrected chi connectivity index (χ1v) is 7.45. The normalized spacial score (nSPS) is 13.2. The number of benzene rings is 1. The molecule has 0 radical (unpaired) electrons. The van der Waals surface area contributed by atoms with Gasteiger partial charge in [0.1, 0.15) is 0 Å². The Labute approximate surface area is 143 Å². The summed E-state index contributed by atoms with van der Waals surface area (Å²) < 4.78 is 38.8. The fourth-order valence-corrected chi connectivity index (χ4v) is 2.34. The van der Waals surface area contributed by atoms with Gasteiger partial charge in [0.15, 0.2) is 0 Å². The maximum atomic E-state index is 12.9. The van der Waals surface area contributed by atoms with Crippen LogP contribution in [0.25, 0.3) is 0 Å². The third kappa shape index (κ3) is 6.52. The highest BCUT2D eigenvalue weighted by Gasteiger charge is 2.33. The molecule has 0 fully saturated rings. The van der Waals surface area contributed by atoms with Crippen molar-refractivity contribution >= 4 is 12.2 Å². The number of alkyl halides is 3. The number of hydrogen-bond acceptors (Lipinski definition) is 2. The number of carbonyl (C=O) groups is 2. The van der Waals surface area contributed by atoms with Crippen LogP contribution < -0.4 is 5.32 Å². The molecule has 1 aromatic rings. The molecular formula is C16H21F3N2O4. The van der Waals surface area contributed by atoms with E-state index in [1.54, 1.807) is 20.8 Å². The Bertz CT molecular complexity index is 627. The molecule has 1 atom stereocenters. The van der Waals surface area contributed by atoms with Crippen molar-refractivity contribution < 1.29 is 33.0 Å². The quantitative estimate of drug-likeness (QED) is 0.737. The van der Waals surface area contributed by atoms with Gasteiger partial charge < -0.3 is 15.5 Å². The molecule has 0 aliphatic heterocycles. The predicted octanol–water partition coefficient (Wildman–Crippen LogP) is 4.04. The molecule has 1 rings (SSSR count). The van der Waals surface area contributed by atoms with Gasteiger partial charge in [-0.15, -0.1) is 0 Å². The lowest BCUT2D eigenvalue weighted by molar-refractivity contribution is -0.137. The second kappa shape index (κ2) is 7.62. The van der Waals surface area contributed by atoms with Crippen molar-refractivity contribution in [2.75, 3.05) is 13.1 Å². The van der Waals surface area contributed by atoms with Gasteiger partial charge in [-0.25, -0.2) is 9.59 Å². The van der Waals surface area contributed by atoms with Crippen LogP contribution in [0.5, 0.6) is 0 Å². The van der Waals surface area contributed by atoms with Gasteiger partial charge in [0.2, 0.25) is 0 Å². The van der Waals surface area contributed by atoms with E-state index in [0.717, 1.165) is 17.0 Å². The van der Waals surface area contributed by atoms with Crippen molar-refractivity contribution in [2.45, 2.75) is 33.0 Å². The highest BCUT2D eigenvalue weighted by atomic mass is 19.4. The van der Waals surface area contributed by atoms with Crippen molar-refractivity contribution in [1.82, 2.24) is 10.2 Å². The molecule has 2 amide bonds. The predicted molar refractivity (Wildman–Crippen MR) is 84.4 cm³/mol. The van der Waals surface area contributed by atoms with Gasteiger partial charge in [-0.2, -0.15) is 13.2 Å². The summed E-state index contributed by atoms with van der Waals surface area (Å²) in [6.45, 7) is 4.98. The van der Waals surface area contributed by atoms with E-state index in [9.17, 15) is 27.9 Å². The molecule has 0 aliphatic carbocycles. The average Bonchev–Trinajstić information content (AvgIpc) is 2.44. The Kier molecular flexibility index (Phi) is 6.28. The van der Waals surface area contributed by atoms with E-state index in [4.69, 9.17) is 5.11 Å². The van der Waals surface area contributed by atoms with E-state index < -0.39 is 35.4 Å². The van der Waals surface area contributed by atoms with Gasteiger partial charge in [-0.3, -0.25) is 4.90 Å². The van der Waals surface area contributed by atoms with Crippen molar-refractivity contribution in [3.05, 3.63) is 35.4 Å². The lowest BCUT2D eigenvalue weighted by atomic mass is 9.94. The van der Waals surface area contributed by atoms with Gasteiger partial charge in [-0.1, -0.05) is 32.9 Å². The van der Waals surface area contributed by atoms with E-state index in [1.807, 2.05) is 0 Å². The molecular weight excluding hydrogens is 341 g/mol. The standard InChI is InChI=1S/C16H21F3N2O4/c1-15(2,3)9-21(14(24)25)12(8-20-13(22)23)10-5-4-6-11(7-10)16(17,18)19/h4-7,12,20H,8-9H2,1-3H3,(H,22,23)(H,24,25). The first kappa shape index (κ1) is 20.6. The monoisotopic (exact) mass is 362 g/mol. The molecule has 140 valence electrons. The molecule has 3 N–H and O–H groups in total. The van der Waals surface area contributed by atoms with Crippen LogP contribution in [0, 0.1) is 5.41 Å². The Hall–Kier alpha value is -2.45. The van der Waals surface area contributed by atoms with E-state index in [1.165, 1.54) is 12.1 Å². The number of nitrogens with zero attached hydrogens (tertiary/aromatic N) is 1. The van der Waals surface area contributed by atoms with Gasteiger partial charge in [0.05, 0.1) is 11.6 Å². The molecule has 1 aromatic carbocycles. The third-order valence-electron chi connectivity index (χ3n) is 3.31. The van der Waals surface area contributed by atoms with Gasteiger partial charge in [-0.05, 0) is 23.1 Å². The largest absolute Gasteiger partial charge is 0.465 e. The summed E-state index contributed by atoms with van der Waals surface area (Å²) >= 11 is 0. The molecule has 0 bridgehead atoms. The van der Waals surface area contributed by atoms with Crippen molar-refractivity contribution in [1.29, 1.82) is 0 Å². The average molecular weight is 362 g/mol. The van der Waals surface area contributed by atoms with E-state index in [-0.39, 0.29) is 18.7 Å². The Morgan fingerprint density at radius 3 is 2.24 bits per heavy atom. The fraction of sp³-hybridized carbons (Fsp3) is 0.500. The van der Waals surface area contributed by atoms with E-state index in [2.05, 4.69) is 5.32 Å². The number of carboxylic acid groups (broad SMARTS) is 2. The first-order chi connectivity index (χ1) is 11.3. The molecule has 0 saturated carbocycles. The van der Waals surface area contributed by atoms with Crippen LogP contribution in [0.2, 0.25) is 0 Å². The highest BCUT2D eigenvalue weighted by Crippen LogP contribution is 2.32. The minimum atomic E-state index is -4.58. The number of nitrogens with one attached hydrogen (secondary N) is 1. The van der Waals surface area contributed by atoms with Crippen LogP contribution in [0.15, 0.2) is 24.3 Å². The summed E-state index contributed by atoms with van der Waals surface area (Å²) in [7, 11) is 0. The second-order valence-corrected chi connectivity index (χ2v) is 6.80. The number of amides is 2. The summed E-state index contributed by atoms with van der Waals surface area (Å²) in [6, 6.07) is 3.15. The van der Waals surface area contributed by atoms with Crippen molar-refractivity contribution in [2.24, 2.45) is 5.41 Å². The van der Waals surface area contributed by atoms with Crippen LogP contribution in [0.3, 0.4) is 0 Å². The number of hydrogen-bond donors (Lipinski definition) is 3. The minimum Gasteiger partial charge on any atom is -0.465 e. The number of rotatable bonds is 5. The minimum absolute atomic E-state index is 0.0184. The topological polar surface area (TPSA) is 89.9 Å². The molecule has 0 aliphatic rings. The van der Waals surface area contributed by atoms with Crippen LogP contribution in [0.4, 0.5) is 22.8 Å². The molecule has 0 spiro atoms. The lowest BCUT2D eigenvalue weighted by Crippen LogP contribution is -2.44. The lowest BCUT2D eigenvalue weighted by Gasteiger charge is -2.34. The van der Waals surface area contributed by atoms with Gasteiger partial charge in [0.25, 0.3) is 0 Å². The highest BCUT2D eigenvalue weighted by molar-refractivity contribution is 5.67. The molecule has 0 heterocycles. The van der Waals surface area contributed by atoms with Crippen molar-refractivity contribution in [3.8, 4) is 0 Å². The van der Waals surface area contributed by atoms with Crippen LogP contribution in [-0.4, -0.2) is 40.4 Å². The Balaban J connectivity index is 3.31. The SMILES string of the molecule is CC(C)(C)CN(C(=O)O)C(CNC(=O)O)c1cccc(C(F)(F)F)c1. The third-order valence-corrected chi connectivity index (χ3v) is 3.31. The van der Waals surface area contributed by atoms with Gasteiger partial charge >= 0.3 is 18.4 Å². The summed E-state index contributed by atoms with van der Waals surface area (Å²) in [6.07, 6.45) is -7.32. The first-order valence-electron chi connectivity index (χ1n) is 7.45. The van der Waals surface area contributed by atoms with Crippen molar-refractivity contribution in [3.63, 3.8) is 0 Å². The molecule has 0 aromatic heterocycles. The summed E-state index contributed by atoms with van der Waals surface area (Å²) in [5.74, 6) is 0. The fourth-order valence-electron chi connectivity index (χ4n) is 2.34. The molecule has 0 saturated heterocycles. The Morgan fingerprint density at radius 1 is 1.20 bits per heavy atom.